The second kappa shape index (κ2) is 9.75. The normalized spacial score (nSPS) is 18.2. The first-order chi connectivity index (χ1) is 16.2. The molecule has 0 aliphatic carbocycles. The molecule has 6 nitrogen and oxygen atoms in total. The maximum Gasteiger partial charge on any atom is 0.251 e. The Morgan fingerprint density at radius 2 is 1.79 bits per heavy atom. The van der Waals surface area contributed by atoms with Gasteiger partial charge in [0.25, 0.3) is 5.91 Å². The van der Waals surface area contributed by atoms with E-state index < -0.39 is 0 Å². The Balaban J connectivity index is 1.18. The van der Waals surface area contributed by atoms with Crippen LogP contribution in [0.1, 0.15) is 45.5 Å². The highest BCUT2D eigenvalue weighted by Crippen LogP contribution is 2.39. The monoisotopic (exact) mass is 461 g/mol. The third kappa shape index (κ3) is 4.93. The van der Waals surface area contributed by atoms with Crippen LogP contribution >= 0.6 is 11.8 Å². The number of carbonyl (C=O) groups excluding carboxylic acids is 2. The van der Waals surface area contributed by atoms with Crippen molar-refractivity contribution in [1.29, 1.82) is 0 Å². The molecule has 2 saturated heterocycles. The molecule has 3 heterocycles. The van der Waals surface area contributed by atoms with Crippen molar-refractivity contribution in [2.24, 2.45) is 0 Å². The van der Waals surface area contributed by atoms with E-state index in [1.54, 1.807) is 18.0 Å². The van der Waals surface area contributed by atoms with Gasteiger partial charge in [0.05, 0.1) is 18.6 Å². The number of nitrogens with zero attached hydrogens (tertiary/aromatic N) is 2. The highest BCUT2D eigenvalue weighted by Gasteiger charge is 2.33. The third-order valence-electron chi connectivity index (χ3n) is 6.19. The largest absolute Gasteiger partial charge is 0.467 e. The maximum absolute atomic E-state index is 12.7. The van der Waals surface area contributed by atoms with Crippen molar-refractivity contribution >= 4 is 29.3 Å². The summed E-state index contributed by atoms with van der Waals surface area (Å²) in [4.78, 5) is 29.2. The van der Waals surface area contributed by atoms with Crippen molar-refractivity contribution in [2.75, 3.05) is 23.7 Å². The Morgan fingerprint density at radius 1 is 1.03 bits per heavy atom. The summed E-state index contributed by atoms with van der Waals surface area (Å²) in [5.74, 6) is 1.21. The molecule has 2 amide bonds. The van der Waals surface area contributed by atoms with Crippen LogP contribution in [0.5, 0.6) is 0 Å². The van der Waals surface area contributed by atoms with Crippen LogP contribution in [0.3, 0.4) is 0 Å². The second-order valence-electron chi connectivity index (χ2n) is 8.43. The number of thioether (sulfide) groups is 1. The lowest BCUT2D eigenvalue weighted by molar-refractivity contribution is -0.128. The van der Waals surface area contributed by atoms with E-state index in [4.69, 9.17) is 4.42 Å². The van der Waals surface area contributed by atoms with E-state index in [0.717, 1.165) is 30.0 Å². The number of furan rings is 1. The van der Waals surface area contributed by atoms with E-state index in [9.17, 15) is 9.59 Å². The van der Waals surface area contributed by atoms with E-state index in [1.807, 2.05) is 41.3 Å². The molecule has 5 rings (SSSR count). The summed E-state index contributed by atoms with van der Waals surface area (Å²) < 4.78 is 5.42. The predicted molar refractivity (Wildman–Crippen MR) is 130 cm³/mol. The van der Waals surface area contributed by atoms with Crippen molar-refractivity contribution in [3.8, 4) is 0 Å². The van der Waals surface area contributed by atoms with Crippen LogP contribution in [0.4, 0.5) is 5.69 Å². The summed E-state index contributed by atoms with van der Waals surface area (Å²) in [6.45, 7) is 3.19. The zero-order valence-electron chi connectivity index (χ0n) is 18.4. The van der Waals surface area contributed by atoms with Crippen LogP contribution in [0.2, 0.25) is 0 Å². The van der Waals surface area contributed by atoms with E-state index >= 15 is 0 Å². The number of rotatable bonds is 7. The molecule has 1 unspecified atom stereocenters. The number of hydrogen-bond acceptors (Lipinski definition) is 5. The fourth-order valence-corrected chi connectivity index (χ4v) is 5.54. The zero-order valence-corrected chi connectivity index (χ0v) is 19.2. The lowest BCUT2D eigenvalue weighted by Gasteiger charge is -2.23. The van der Waals surface area contributed by atoms with Gasteiger partial charge in [-0.1, -0.05) is 24.3 Å². The average molecular weight is 462 g/mol. The minimum absolute atomic E-state index is 0.0752. The molecule has 0 spiro atoms. The van der Waals surface area contributed by atoms with Gasteiger partial charge in [-0.05, 0) is 60.4 Å². The van der Waals surface area contributed by atoms with Gasteiger partial charge in [0.15, 0.2) is 0 Å². The van der Waals surface area contributed by atoms with E-state index in [1.165, 1.54) is 18.5 Å². The molecular weight excluding hydrogens is 434 g/mol. The first kappa shape index (κ1) is 21.6. The van der Waals surface area contributed by atoms with Gasteiger partial charge in [-0.15, -0.1) is 11.8 Å². The van der Waals surface area contributed by atoms with Crippen LogP contribution in [-0.4, -0.2) is 35.6 Å². The topological polar surface area (TPSA) is 65.8 Å². The van der Waals surface area contributed by atoms with Crippen LogP contribution in [0.15, 0.2) is 71.3 Å². The Kier molecular flexibility index (Phi) is 6.39. The fourth-order valence-electron chi connectivity index (χ4n) is 4.36. The van der Waals surface area contributed by atoms with Crippen molar-refractivity contribution in [3.63, 3.8) is 0 Å². The lowest BCUT2D eigenvalue weighted by atomic mass is 10.1. The Hall–Kier alpha value is -3.19. The number of hydrogen-bond donors (Lipinski definition) is 1. The number of nitrogens with one attached hydrogen (secondary N) is 1. The summed E-state index contributed by atoms with van der Waals surface area (Å²) >= 11 is 1.60. The summed E-state index contributed by atoms with van der Waals surface area (Å²) in [7, 11) is 0. The van der Waals surface area contributed by atoms with Gasteiger partial charge in [0, 0.05) is 30.9 Å². The highest BCUT2D eigenvalue weighted by atomic mass is 32.2. The quantitative estimate of drug-likeness (QED) is 0.558. The SMILES string of the molecule is O=C(NCc1ccc(N2CCCC2)cc1)c1ccc(C2SCC(=O)N2Cc2ccco2)cc1. The average Bonchev–Trinajstić information content (AvgIpc) is 3.62. The van der Waals surface area contributed by atoms with E-state index in [-0.39, 0.29) is 17.2 Å². The summed E-state index contributed by atoms with van der Waals surface area (Å²) in [5.41, 5.74) is 3.95. The molecule has 1 atom stereocenters. The number of carbonyl (C=O) groups is 2. The highest BCUT2D eigenvalue weighted by molar-refractivity contribution is 8.00. The number of amides is 2. The van der Waals surface area contributed by atoms with Gasteiger partial charge in [-0.25, -0.2) is 0 Å². The third-order valence-corrected chi connectivity index (χ3v) is 7.45. The van der Waals surface area contributed by atoms with Crippen molar-refractivity contribution in [2.45, 2.75) is 31.3 Å². The van der Waals surface area contributed by atoms with Crippen LogP contribution < -0.4 is 10.2 Å². The Labute approximate surface area is 197 Å². The van der Waals surface area contributed by atoms with Crippen molar-refractivity contribution < 1.29 is 14.0 Å². The fraction of sp³-hybridized carbons (Fsp3) is 0.308. The molecule has 0 saturated carbocycles. The van der Waals surface area contributed by atoms with Gasteiger partial charge in [0.1, 0.15) is 11.1 Å². The first-order valence-corrected chi connectivity index (χ1v) is 12.4. The molecule has 1 N–H and O–H groups in total. The minimum atomic E-state index is -0.104. The van der Waals surface area contributed by atoms with Gasteiger partial charge in [-0.3, -0.25) is 9.59 Å². The second-order valence-corrected chi connectivity index (χ2v) is 9.50. The summed E-state index contributed by atoms with van der Waals surface area (Å²) in [6, 6.07) is 19.7. The molecule has 2 aromatic carbocycles. The molecule has 2 fully saturated rings. The number of benzene rings is 2. The predicted octanol–water partition coefficient (Wildman–Crippen LogP) is 4.58. The van der Waals surface area contributed by atoms with Gasteiger partial charge in [-0.2, -0.15) is 0 Å². The van der Waals surface area contributed by atoms with E-state index in [0.29, 0.717) is 24.4 Å². The molecule has 0 bridgehead atoms. The molecule has 2 aliphatic heterocycles. The molecule has 7 heteroatoms. The summed E-state index contributed by atoms with van der Waals surface area (Å²) in [5, 5.41) is 2.93. The lowest BCUT2D eigenvalue weighted by Crippen LogP contribution is -2.27. The maximum atomic E-state index is 12.7. The molecular formula is C26H27N3O3S. The van der Waals surface area contributed by atoms with Crippen LogP contribution in [0.25, 0.3) is 0 Å². The molecule has 0 radical (unpaired) electrons. The van der Waals surface area contributed by atoms with Crippen molar-refractivity contribution in [3.05, 3.63) is 89.4 Å². The molecule has 33 heavy (non-hydrogen) atoms. The van der Waals surface area contributed by atoms with Crippen molar-refractivity contribution in [1.82, 2.24) is 10.2 Å². The molecule has 1 aromatic heterocycles. The smallest absolute Gasteiger partial charge is 0.251 e. The Morgan fingerprint density at radius 3 is 2.48 bits per heavy atom. The minimum Gasteiger partial charge on any atom is -0.467 e. The molecule has 2 aliphatic rings. The van der Waals surface area contributed by atoms with Crippen LogP contribution in [-0.2, 0) is 17.9 Å². The molecule has 170 valence electrons. The standard InChI is InChI=1S/C26H27N3O3S/c30-24-18-33-26(29(24)17-23-4-3-15-32-23)21-9-7-20(8-10-21)25(31)27-16-19-5-11-22(12-6-19)28-13-1-2-14-28/h3-12,15,26H,1-2,13-14,16-18H2,(H,27,31). The Bertz CT molecular complexity index is 1090. The van der Waals surface area contributed by atoms with Crippen LogP contribution in [0, 0.1) is 0 Å². The van der Waals surface area contributed by atoms with Gasteiger partial charge in [0.2, 0.25) is 5.91 Å². The van der Waals surface area contributed by atoms with E-state index in [2.05, 4.69) is 34.5 Å². The van der Waals surface area contributed by atoms with Gasteiger partial charge < -0.3 is 19.5 Å². The number of anilines is 1. The molecule has 3 aromatic rings. The zero-order chi connectivity index (χ0) is 22.6. The first-order valence-electron chi connectivity index (χ1n) is 11.3. The summed E-state index contributed by atoms with van der Waals surface area (Å²) in [6.07, 6.45) is 4.13. The van der Waals surface area contributed by atoms with Gasteiger partial charge >= 0.3 is 0 Å².